The standard InChI is InChI=1S/C23H27N3O3/c1-16(2)19-10-9-17(3)13-22(19)29-12-11-26-15-18(14-24-25-23(27)28-4)20-7-5-6-8-21(20)26/h5-10,13-16H,11-12H2,1-4H3,(H,25,27)/b24-14-. The number of fused-ring (bicyclic) bond motifs is 1. The Kier molecular flexibility index (Phi) is 6.54. The predicted molar refractivity (Wildman–Crippen MR) is 116 cm³/mol. The van der Waals surface area contributed by atoms with Gasteiger partial charge < -0.3 is 14.0 Å². The zero-order valence-corrected chi connectivity index (χ0v) is 17.3. The van der Waals surface area contributed by atoms with Gasteiger partial charge in [0.25, 0.3) is 0 Å². The van der Waals surface area contributed by atoms with Crippen LogP contribution in [0.5, 0.6) is 5.75 Å². The molecular weight excluding hydrogens is 366 g/mol. The molecule has 29 heavy (non-hydrogen) atoms. The molecule has 3 aromatic rings. The molecule has 0 saturated carbocycles. The molecule has 0 aliphatic rings. The van der Waals surface area contributed by atoms with Crippen LogP contribution in [0.4, 0.5) is 4.79 Å². The molecule has 0 saturated heterocycles. The number of benzene rings is 2. The van der Waals surface area contributed by atoms with Gasteiger partial charge in [0.1, 0.15) is 12.4 Å². The third-order valence-corrected chi connectivity index (χ3v) is 4.75. The number of hydrazone groups is 1. The Labute approximate surface area is 171 Å². The molecule has 0 bridgehead atoms. The van der Waals surface area contributed by atoms with Crippen LogP contribution in [0.25, 0.3) is 10.9 Å². The molecule has 1 N–H and O–H groups in total. The van der Waals surface area contributed by atoms with E-state index in [1.54, 1.807) is 6.21 Å². The van der Waals surface area contributed by atoms with Gasteiger partial charge in [-0.05, 0) is 36.1 Å². The number of nitrogens with zero attached hydrogens (tertiary/aromatic N) is 2. The van der Waals surface area contributed by atoms with Crippen molar-refractivity contribution in [3.63, 3.8) is 0 Å². The fourth-order valence-electron chi connectivity index (χ4n) is 3.26. The quantitative estimate of drug-likeness (QED) is 0.461. The lowest BCUT2D eigenvalue weighted by molar-refractivity contribution is 0.171. The first-order valence-corrected chi connectivity index (χ1v) is 9.68. The average Bonchev–Trinajstić information content (AvgIpc) is 3.05. The maximum atomic E-state index is 11.2. The van der Waals surface area contributed by atoms with E-state index in [4.69, 9.17) is 4.74 Å². The Bertz CT molecular complexity index is 1020. The van der Waals surface area contributed by atoms with Gasteiger partial charge in [0, 0.05) is 22.7 Å². The van der Waals surface area contributed by atoms with Crippen LogP contribution in [-0.4, -0.2) is 30.6 Å². The zero-order chi connectivity index (χ0) is 20.8. The minimum absolute atomic E-state index is 0.406. The minimum atomic E-state index is -0.600. The van der Waals surface area contributed by atoms with Crippen LogP contribution >= 0.6 is 0 Å². The number of carbonyl (C=O) groups excluding carboxylic acids is 1. The van der Waals surface area contributed by atoms with E-state index in [1.807, 2.05) is 24.4 Å². The van der Waals surface area contributed by atoms with Crippen LogP contribution in [0.2, 0.25) is 0 Å². The number of carbonyl (C=O) groups is 1. The van der Waals surface area contributed by atoms with Gasteiger partial charge in [-0.2, -0.15) is 5.10 Å². The number of methoxy groups -OCH3 is 1. The van der Waals surface area contributed by atoms with Crippen molar-refractivity contribution in [1.29, 1.82) is 0 Å². The number of para-hydroxylation sites is 1. The SMILES string of the molecule is COC(=O)N/N=C\c1cn(CCOc2cc(C)ccc2C(C)C)c2ccccc12. The summed E-state index contributed by atoms with van der Waals surface area (Å²) in [5, 5.41) is 5.01. The van der Waals surface area contributed by atoms with Gasteiger partial charge in [0.05, 0.1) is 19.9 Å². The predicted octanol–water partition coefficient (Wildman–Crippen LogP) is 4.84. The van der Waals surface area contributed by atoms with Crippen LogP contribution < -0.4 is 10.2 Å². The van der Waals surface area contributed by atoms with Crippen molar-refractivity contribution >= 4 is 23.2 Å². The highest BCUT2D eigenvalue weighted by atomic mass is 16.5. The van der Waals surface area contributed by atoms with E-state index in [0.29, 0.717) is 19.1 Å². The van der Waals surface area contributed by atoms with Crippen molar-refractivity contribution in [3.8, 4) is 5.75 Å². The molecule has 0 unspecified atom stereocenters. The molecule has 0 spiro atoms. The Morgan fingerprint density at radius 3 is 2.79 bits per heavy atom. The first kappa shape index (κ1) is 20.5. The highest BCUT2D eigenvalue weighted by Gasteiger charge is 2.10. The van der Waals surface area contributed by atoms with E-state index in [1.165, 1.54) is 18.2 Å². The first-order chi connectivity index (χ1) is 14.0. The summed E-state index contributed by atoms with van der Waals surface area (Å²) >= 11 is 0. The molecular formula is C23H27N3O3. The van der Waals surface area contributed by atoms with E-state index in [2.05, 4.69) is 64.9 Å². The molecule has 0 atom stereocenters. The van der Waals surface area contributed by atoms with Crippen LogP contribution in [0, 0.1) is 6.92 Å². The van der Waals surface area contributed by atoms with Gasteiger partial charge in [0.15, 0.2) is 0 Å². The Morgan fingerprint density at radius 2 is 2.03 bits per heavy atom. The summed E-state index contributed by atoms with van der Waals surface area (Å²) in [4.78, 5) is 11.2. The second-order valence-corrected chi connectivity index (χ2v) is 7.20. The van der Waals surface area contributed by atoms with Crippen LogP contribution in [0.15, 0.2) is 53.8 Å². The number of amides is 1. The summed E-state index contributed by atoms with van der Waals surface area (Å²) in [7, 11) is 1.30. The molecule has 1 amide bonds. The molecule has 3 rings (SSSR count). The molecule has 1 heterocycles. The zero-order valence-electron chi connectivity index (χ0n) is 17.3. The third-order valence-electron chi connectivity index (χ3n) is 4.75. The minimum Gasteiger partial charge on any atom is -0.491 e. The van der Waals surface area contributed by atoms with E-state index in [-0.39, 0.29) is 0 Å². The molecule has 0 aliphatic heterocycles. The van der Waals surface area contributed by atoms with E-state index in [9.17, 15) is 4.79 Å². The Morgan fingerprint density at radius 1 is 1.24 bits per heavy atom. The lowest BCUT2D eigenvalue weighted by Crippen LogP contribution is -2.16. The van der Waals surface area contributed by atoms with Gasteiger partial charge in [-0.1, -0.05) is 44.2 Å². The fraction of sp³-hybridized carbons (Fsp3) is 0.304. The lowest BCUT2D eigenvalue weighted by Gasteiger charge is -2.15. The summed E-state index contributed by atoms with van der Waals surface area (Å²) in [5.74, 6) is 1.35. The number of aryl methyl sites for hydroxylation is 1. The number of rotatable bonds is 7. The van der Waals surface area contributed by atoms with Crippen LogP contribution in [0.1, 0.15) is 36.5 Å². The first-order valence-electron chi connectivity index (χ1n) is 9.68. The Balaban J connectivity index is 1.76. The normalized spacial score (nSPS) is 11.3. The summed E-state index contributed by atoms with van der Waals surface area (Å²) < 4.78 is 12.8. The van der Waals surface area contributed by atoms with Gasteiger partial charge >= 0.3 is 6.09 Å². The summed E-state index contributed by atoms with van der Waals surface area (Å²) in [6, 6.07) is 14.4. The maximum absolute atomic E-state index is 11.2. The molecule has 6 nitrogen and oxygen atoms in total. The monoisotopic (exact) mass is 393 g/mol. The molecule has 152 valence electrons. The molecule has 0 radical (unpaired) electrons. The molecule has 0 fully saturated rings. The molecule has 2 aromatic carbocycles. The topological polar surface area (TPSA) is 64.8 Å². The number of aromatic nitrogens is 1. The van der Waals surface area contributed by atoms with Crippen LogP contribution in [0.3, 0.4) is 0 Å². The molecule has 6 heteroatoms. The van der Waals surface area contributed by atoms with Crippen molar-refractivity contribution in [2.75, 3.05) is 13.7 Å². The molecule has 1 aromatic heterocycles. The average molecular weight is 393 g/mol. The van der Waals surface area contributed by atoms with Gasteiger partial charge in [0.2, 0.25) is 0 Å². The molecule has 0 aliphatic carbocycles. The van der Waals surface area contributed by atoms with E-state index < -0.39 is 6.09 Å². The maximum Gasteiger partial charge on any atom is 0.427 e. The summed E-state index contributed by atoms with van der Waals surface area (Å²) in [6.07, 6.45) is 3.03. The van der Waals surface area contributed by atoms with Gasteiger partial charge in [-0.3, -0.25) is 0 Å². The van der Waals surface area contributed by atoms with Crippen LogP contribution in [-0.2, 0) is 11.3 Å². The van der Waals surface area contributed by atoms with Crippen molar-refractivity contribution in [1.82, 2.24) is 9.99 Å². The van der Waals surface area contributed by atoms with E-state index in [0.717, 1.165) is 22.2 Å². The second-order valence-electron chi connectivity index (χ2n) is 7.20. The van der Waals surface area contributed by atoms with Gasteiger partial charge in [-0.25, -0.2) is 10.2 Å². The van der Waals surface area contributed by atoms with Crippen molar-refractivity contribution in [3.05, 3.63) is 65.4 Å². The number of ether oxygens (including phenoxy) is 2. The number of hydrogen-bond acceptors (Lipinski definition) is 4. The fourth-order valence-corrected chi connectivity index (χ4v) is 3.26. The van der Waals surface area contributed by atoms with Gasteiger partial charge in [-0.15, -0.1) is 0 Å². The number of nitrogens with one attached hydrogen (secondary N) is 1. The van der Waals surface area contributed by atoms with E-state index >= 15 is 0 Å². The summed E-state index contributed by atoms with van der Waals surface area (Å²) in [5.41, 5.74) is 6.72. The van der Waals surface area contributed by atoms with Crippen molar-refractivity contribution in [2.45, 2.75) is 33.2 Å². The number of hydrogen-bond donors (Lipinski definition) is 1. The highest BCUT2D eigenvalue weighted by molar-refractivity contribution is 5.99. The highest BCUT2D eigenvalue weighted by Crippen LogP contribution is 2.27. The second kappa shape index (κ2) is 9.28. The Hall–Kier alpha value is -3.28. The lowest BCUT2D eigenvalue weighted by atomic mass is 10.0. The summed E-state index contributed by atoms with van der Waals surface area (Å²) in [6.45, 7) is 7.67. The van der Waals surface area contributed by atoms with Crippen molar-refractivity contribution < 1.29 is 14.3 Å². The third kappa shape index (κ3) is 4.96. The van der Waals surface area contributed by atoms with Crippen molar-refractivity contribution in [2.24, 2.45) is 5.10 Å². The largest absolute Gasteiger partial charge is 0.491 e. The smallest absolute Gasteiger partial charge is 0.427 e.